The van der Waals surface area contributed by atoms with E-state index in [1.165, 1.54) is 6.92 Å². The van der Waals surface area contributed by atoms with E-state index in [1.807, 2.05) is 0 Å². The van der Waals surface area contributed by atoms with Crippen molar-refractivity contribution in [3.8, 4) is 0 Å². The highest BCUT2D eigenvalue weighted by Crippen LogP contribution is 2.30. The molecule has 1 saturated heterocycles. The van der Waals surface area contributed by atoms with Crippen molar-refractivity contribution in [2.24, 2.45) is 5.73 Å². The monoisotopic (exact) mass is 332 g/mol. The second-order valence-electron chi connectivity index (χ2n) is 5.29. The van der Waals surface area contributed by atoms with Crippen molar-refractivity contribution in [2.75, 3.05) is 13.2 Å². The average molecular weight is 332 g/mol. The minimum atomic E-state index is -4.46. The van der Waals surface area contributed by atoms with Gasteiger partial charge in [-0.05, 0) is 24.6 Å². The lowest BCUT2D eigenvalue weighted by atomic mass is 9.91. The van der Waals surface area contributed by atoms with E-state index in [0.29, 0.717) is 0 Å². The molecule has 9 heteroatoms. The van der Waals surface area contributed by atoms with Crippen LogP contribution in [0, 0.1) is 0 Å². The van der Waals surface area contributed by atoms with Crippen LogP contribution in [-0.4, -0.2) is 31.3 Å². The van der Waals surface area contributed by atoms with Crippen molar-refractivity contribution in [2.45, 2.75) is 24.7 Å². The fraction of sp³-hybridized carbons (Fsp3) is 0.429. The number of cyclic esters (lactones) is 2. The molecule has 2 rings (SSSR count). The number of alkyl halides is 3. The molecule has 23 heavy (non-hydrogen) atoms. The van der Waals surface area contributed by atoms with Gasteiger partial charge in [-0.25, -0.2) is 4.79 Å². The van der Waals surface area contributed by atoms with Gasteiger partial charge >= 0.3 is 12.3 Å². The van der Waals surface area contributed by atoms with Crippen molar-refractivity contribution < 1.29 is 32.2 Å². The third-order valence-corrected chi connectivity index (χ3v) is 3.42. The fourth-order valence-electron chi connectivity index (χ4n) is 1.99. The highest BCUT2D eigenvalue weighted by molar-refractivity contribution is 5.87. The normalized spacial score (nSPS) is 20.4. The summed E-state index contributed by atoms with van der Waals surface area (Å²) in [4.78, 5) is 22.9. The standard InChI is InChI=1S/C14H15F3N2O4/c1-13(18,8-2-4-9(5-3-8)14(15,16)17)11(20)19-6-10-7-22-12(21)23-10/h2-5,10H,6-7,18H2,1H3,(H,19,20)/t10-,13?/m1/s1. The molecule has 0 bridgehead atoms. The highest BCUT2D eigenvalue weighted by atomic mass is 19.4. The molecule has 1 unspecified atom stereocenters. The lowest BCUT2D eigenvalue weighted by Crippen LogP contribution is -2.50. The molecule has 0 radical (unpaired) electrons. The molecule has 1 aromatic rings. The average Bonchev–Trinajstić information content (AvgIpc) is 2.89. The molecular formula is C14H15F3N2O4. The van der Waals surface area contributed by atoms with E-state index in [2.05, 4.69) is 10.1 Å². The zero-order valence-corrected chi connectivity index (χ0v) is 12.1. The predicted octanol–water partition coefficient (Wildman–Crippen LogP) is 1.53. The molecule has 2 atom stereocenters. The van der Waals surface area contributed by atoms with Crippen LogP contribution < -0.4 is 11.1 Å². The van der Waals surface area contributed by atoms with Crippen molar-refractivity contribution in [3.05, 3.63) is 35.4 Å². The maximum absolute atomic E-state index is 12.5. The molecule has 1 heterocycles. The Labute approximate surface area is 129 Å². The summed E-state index contributed by atoms with van der Waals surface area (Å²) in [7, 11) is 0. The fourth-order valence-corrected chi connectivity index (χ4v) is 1.99. The third kappa shape index (κ3) is 3.92. The van der Waals surface area contributed by atoms with Crippen LogP contribution in [0.5, 0.6) is 0 Å². The minimum Gasteiger partial charge on any atom is -0.430 e. The van der Waals surface area contributed by atoms with Crippen LogP contribution in [-0.2, 0) is 26.0 Å². The summed E-state index contributed by atoms with van der Waals surface area (Å²) in [6.45, 7) is 1.39. The van der Waals surface area contributed by atoms with E-state index >= 15 is 0 Å². The van der Waals surface area contributed by atoms with Crippen LogP contribution >= 0.6 is 0 Å². The second-order valence-corrected chi connectivity index (χ2v) is 5.29. The van der Waals surface area contributed by atoms with E-state index < -0.39 is 35.4 Å². The van der Waals surface area contributed by atoms with Crippen molar-refractivity contribution in [1.82, 2.24) is 5.32 Å². The zero-order valence-electron chi connectivity index (χ0n) is 12.1. The summed E-state index contributed by atoms with van der Waals surface area (Å²) in [6, 6.07) is 4.03. The second kappa shape index (κ2) is 6.07. The first-order valence-electron chi connectivity index (χ1n) is 6.69. The maximum atomic E-state index is 12.5. The number of nitrogens with one attached hydrogen (secondary N) is 1. The van der Waals surface area contributed by atoms with Gasteiger partial charge in [0.2, 0.25) is 5.91 Å². The van der Waals surface area contributed by atoms with E-state index in [1.54, 1.807) is 0 Å². The smallest absolute Gasteiger partial charge is 0.430 e. The SMILES string of the molecule is CC(N)(C(=O)NC[C@@H]1COC(=O)O1)c1ccc(C(F)(F)F)cc1. The Morgan fingerprint density at radius 3 is 2.35 bits per heavy atom. The number of carbonyl (C=O) groups is 2. The van der Waals surface area contributed by atoms with Gasteiger partial charge in [0.05, 0.1) is 12.1 Å². The maximum Gasteiger partial charge on any atom is 0.508 e. The molecule has 1 fully saturated rings. The zero-order chi connectivity index (χ0) is 17.3. The Balaban J connectivity index is 2.01. The van der Waals surface area contributed by atoms with Gasteiger partial charge in [-0.15, -0.1) is 0 Å². The van der Waals surface area contributed by atoms with Crippen LogP contribution in [0.15, 0.2) is 24.3 Å². The first-order chi connectivity index (χ1) is 10.6. The molecule has 0 aromatic heterocycles. The van der Waals surface area contributed by atoms with E-state index in [-0.39, 0.29) is 18.7 Å². The van der Waals surface area contributed by atoms with Gasteiger partial charge in [0.15, 0.2) is 6.10 Å². The molecule has 3 N–H and O–H groups in total. The van der Waals surface area contributed by atoms with Gasteiger partial charge in [0.1, 0.15) is 12.1 Å². The van der Waals surface area contributed by atoms with Crippen LogP contribution in [0.25, 0.3) is 0 Å². The third-order valence-electron chi connectivity index (χ3n) is 3.42. The Morgan fingerprint density at radius 1 is 1.30 bits per heavy atom. The highest BCUT2D eigenvalue weighted by Gasteiger charge is 2.34. The van der Waals surface area contributed by atoms with E-state index in [4.69, 9.17) is 10.5 Å². The number of hydrogen-bond acceptors (Lipinski definition) is 5. The van der Waals surface area contributed by atoms with Crippen molar-refractivity contribution >= 4 is 12.1 Å². The number of rotatable bonds is 4. The summed E-state index contributed by atoms with van der Waals surface area (Å²) in [5, 5.41) is 2.49. The van der Waals surface area contributed by atoms with Gasteiger partial charge in [-0.1, -0.05) is 12.1 Å². The summed E-state index contributed by atoms with van der Waals surface area (Å²) in [5.41, 5.74) is 3.78. The summed E-state index contributed by atoms with van der Waals surface area (Å²) < 4.78 is 46.9. The number of carbonyl (C=O) groups excluding carboxylic acids is 2. The number of amides is 1. The topological polar surface area (TPSA) is 90.7 Å². The predicted molar refractivity (Wildman–Crippen MR) is 72.2 cm³/mol. The number of nitrogens with two attached hydrogens (primary N) is 1. The Hall–Kier alpha value is -2.29. The van der Waals surface area contributed by atoms with Crippen molar-refractivity contribution in [3.63, 3.8) is 0 Å². The molecule has 1 aliphatic heterocycles. The van der Waals surface area contributed by atoms with Gasteiger partial charge < -0.3 is 20.5 Å². The van der Waals surface area contributed by atoms with E-state index in [9.17, 15) is 22.8 Å². The lowest BCUT2D eigenvalue weighted by Gasteiger charge is -2.25. The number of benzene rings is 1. The molecule has 126 valence electrons. The Bertz CT molecular complexity index is 599. The molecule has 0 spiro atoms. The van der Waals surface area contributed by atoms with Gasteiger partial charge in [-0.2, -0.15) is 13.2 Å². The molecule has 1 amide bonds. The lowest BCUT2D eigenvalue weighted by molar-refractivity contribution is -0.137. The first kappa shape index (κ1) is 17.1. The van der Waals surface area contributed by atoms with Crippen LogP contribution in [0.2, 0.25) is 0 Å². The Kier molecular flexibility index (Phi) is 4.51. The molecule has 1 aromatic carbocycles. The van der Waals surface area contributed by atoms with Gasteiger partial charge in [0.25, 0.3) is 0 Å². The summed E-state index contributed by atoms with van der Waals surface area (Å²) in [6.07, 6.45) is -5.89. The largest absolute Gasteiger partial charge is 0.508 e. The van der Waals surface area contributed by atoms with Gasteiger partial charge in [0, 0.05) is 0 Å². The number of halogens is 3. The first-order valence-corrected chi connectivity index (χ1v) is 6.69. The van der Waals surface area contributed by atoms with Gasteiger partial charge in [-0.3, -0.25) is 4.79 Å². The summed E-state index contributed by atoms with van der Waals surface area (Å²) >= 11 is 0. The number of ether oxygens (including phenoxy) is 2. The minimum absolute atomic E-state index is 0.00199. The van der Waals surface area contributed by atoms with Crippen LogP contribution in [0.1, 0.15) is 18.1 Å². The number of hydrogen-bond donors (Lipinski definition) is 2. The van der Waals surface area contributed by atoms with Crippen LogP contribution in [0.3, 0.4) is 0 Å². The van der Waals surface area contributed by atoms with Crippen LogP contribution in [0.4, 0.5) is 18.0 Å². The van der Waals surface area contributed by atoms with Crippen molar-refractivity contribution in [1.29, 1.82) is 0 Å². The molecule has 0 saturated carbocycles. The summed E-state index contributed by atoms with van der Waals surface area (Å²) in [5.74, 6) is -0.611. The molecular weight excluding hydrogens is 317 g/mol. The Morgan fingerprint density at radius 2 is 1.87 bits per heavy atom. The molecule has 6 nitrogen and oxygen atoms in total. The van der Waals surface area contributed by atoms with E-state index in [0.717, 1.165) is 24.3 Å². The molecule has 0 aliphatic carbocycles. The quantitative estimate of drug-likeness (QED) is 0.816. The molecule has 1 aliphatic rings.